The Labute approximate surface area is 151 Å². The summed E-state index contributed by atoms with van der Waals surface area (Å²) in [4.78, 5) is 16.8. The number of carbonyl (C=O) groups excluding carboxylic acids is 2. The van der Waals surface area contributed by atoms with E-state index in [2.05, 4.69) is 0 Å². The van der Waals surface area contributed by atoms with Gasteiger partial charge in [-0.05, 0) is 25.4 Å². The number of aliphatic hydroxyl groups is 2. The van der Waals surface area contributed by atoms with Gasteiger partial charge in [0.15, 0.2) is 0 Å². The van der Waals surface area contributed by atoms with Crippen LogP contribution >= 0.6 is 23.5 Å². The summed E-state index contributed by atoms with van der Waals surface area (Å²) in [5.74, 6) is -2.84. The Morgan fingerprint density at radius 2 is 1.16 bits per heavy atom. The van der Waals surface area contributed by atoms with Crippen LogP contribution in [0, 0.1) is 0 Å². The van der Waals surface area contributed by atoms with E-state index in [0.29, 0.717) is 0 Å². The molecule has 19 heavy (non-hydrogen) atoms. The van der Waals surface area contributed by atoms with Crippen molar-refractivity contribution in [2.75, 3.05) is 12.5 Å². The molecule has 0 saturated carbocycles. The van der Waals surface area contributed by atoms with Crippen molar-refractivity contribution in [1.29, 1.82) is 0 Å². The topological polar surface area (TPSA) is 121 Å². The molecule has 0 fully saturated rings. The maximum Gasteiger partial charge on any atom is 2.00 e. The van der Waals surface area contributed by atoms with E-state index in [-0.39, 0.29) is 50.6 Å². The number of aliphatic carboxylic acids is 2. The van der Waals surface area contributed by atoms with Gasteiger partial charge in [-0.1, -0.05) is 13.8 Å². The summed E-state index contributed by atoms with van der Waals surface area (Å²) in [5.41, 5.74) is 0. The van der Waals surface area contributed by atoms with Crippen molar-refractivity contribution >= 4 is 73.2 Å². The molecule has 2 N–H and O–H groups in total. The summed E-state index contributed by atoms with van der Waals surface area (Å²) in [6.07, 6.45) is 3.38. The smallest absolute Gasteiger partial charge is 0.546 e. The molecular formula is C10H18CaO6S2. The van der Waals surface area contributed by atoms with Gasteiger partial charge in [0.1, 0.15) is 9.87 Å². The van der Waals surface area contributed by atoms with Gasteiger partial charge in [-0.15, -0.1) is 23.5 Å². The minimum Gasteiger partial charge on any atom is -0.546 e. The molecule has 2 unspecified atom stereocenters. The van der Waals surface area contributed by atoms with E-state index in [4.69, 9.17) is 10.2 Å². The summed E-state index contributed by atoms with van der Waals surface area (Å²) in [6, 6.07) is 0. The molecule has 0 amide bonds. The zero-order valence-electron chi connectivity index (χ0n) is 11.5. The molecule has 0 aliphatic heterocycles. The largest absolute Gasteiger partial charge is 2.00 e. The number of hydrogen-bond acceptors (Lipinski definition) is 8. The first-order valence-electron chi connectivity index (χ1n) is 5.11. The summed E-state index contributed by atoms with van der Waals surface area (Å²) in [7, 11) is 0. The molecule has 0 aromatic rings. The predicted molar refractivity (Wildman–Crippen MR) is 73.3 cm³/mol. The molecule has 0 heterocycles. The van der Waals surface area contributed by atoms with Crippen LogP contribution in [0.4, 0.5) is 0 Å². The molecule has 6 nitrogen and oxygen atoms in total. The Kier molecular flexibility index (Phi) is 15.0. The molecule has 0 rings (SSSR count). The van der Waals surface area contributed by atoms with Crippen molar-refractivity contribution in [2.45, 2.75) is 36.6 Å². The first-order valence-corrected chi connectivity index (χ1v) is 7.56. The van der Waals surface area contributed by atoms with Crippen molar-refractivity contribution in [3.05, 3.63) is 0 Å². The van der Waals surface area contributed by atoms with E-state index in [1.54, 1.807) is 13.8 Å². The molecule has 9 heteroatoms. The van der Waals surface area contributed by atoms with Crippen LogP contribution in [-0.4, -0.2) is 82.3 Å². The maximum absolute atomic E-state index is 10.1. The molecule has 0 aromatic heterocycles. The first kappa shape index (κ1) is 24.8. The Hall–Kier alpha value is 0.820. The second kappa shape index (κ2) is 11.5. The molecule has 0 radical (unpaired) electrons. The van der Waals surface area contributed by atoms with Crippen molar-refractivity contribution in [2.24, 2.45) is 0 Å². The van der Waals surface area contributed by atoms with Crippen molar-refractivity contribution in [1.82, 2.24) is 0 Å². The van der Waals surface area contributed by atoms with Crippen molar-refractivity contribution in [3.63, 3.8) is 0 Å². The van der Waals surface area contributed by atoms with Crippen LogP contribution in [0.3, 0.4) is 0 Å². The third-order valence-electron chi connectivity index (χ3n) is 2.27. The Balaban J connectivity index is -0.000000256. The van der Waals surface area contributed by atoms with Crippen LogP contribution in [0.25, 0.3) is 0 Å². The van der Waals surface area contributed by atoms with Gasteiger partial charge in [-0.2, -0.15) is 0 Å². The second-order valence-corrected chi connectivity index (χ2v) is 5.43. The van der Waals surface area contributed by atoms with E-state index in [9.17, 15) is 19.8 Å². The number of hydrogen-bond donors (Lipinski definition) is 2. The van der Waals surface area contributed by atoms with Crippen LogP contribution in [0.15, 0.2) is 0 Å². The van der Waals surface area contributed by atoms with Gasteiger partial charge in [0, 0.05) is 0 Å². The van der Waals surface area contributed by atoms with Gasteiger partial charge in [0.2, 0.25) is 0 Å². The first-order chi connectivity index (χ1) is 8.13. The molecule has 0 aliphatic carbocycles. The third kappa shape index (κ3) is 8.64. The second-order valence-electron chi connectivity index (χ2n) is 3.26. The van der Waals surface area contributed by atoms with Crippen molar-refractivity contribution < 1.29 is 30.0 Å². The number of carboxylic acids is 2. The summed E-state index contributed by atoms with van der Waals surface area (Å²) >= 11 is 1.75. The zero-order valence-corrected chi connectivity index (χ0v) is 15.3. The SMILES string of the molecule is CCC(O)(SC)C(=O)[O-].CCC(O)(SC)C(=O)[O-].[Ca+2]. The fourth-order valence-electron chi connectivity index (χ4n) is 0.744. The predicted octanol–water partition coefficient (Wildman–Crippen LogP) is -1.98. The number of carboxylic acid groups (broad SMARTS) is 2. The fourth-order valence-corrected chi connectivity index (χ4v) is 1.65. The van der Waals surface area contributed by atoms with Gasteiger partial charge in [-0.25, -0.2) is 0 Å². The van der Waals surface area contributed by atoms with Gasteiger partial charge in [0.25, 0.3) is 0 Å². The molecule has 0 bridgehead atoms. The minimum atomic E-state index is -1.69. The van der Waals surface area contributed by atoms with Crippen molar-refractivity contribution in [3.8, 4) is 0 Å². The number of rotatable bonds is 6. The minimum absolute atomic E-state index is 0. The van der Waals surface area contributed by atoms with Crippen LogP contribution in [0.5, 0.6) is 0 Å². The van der Waals surface area contributed by atoms with E-state index in [1.807, 2.05) is 0 Å². The van der Waals surface area contributed by atoms with Gasteiger partial charge in [0.05, 0.1) is 11.9 Å². The van der Waals surface area contributed by atoms with E-state index < -0.39 is 21.8 Å². The molecule has 0 spiro atoms. The van der Waals surface area contributed by atoms with Gasteiger partial charge >= 0.3 is 37.7 Å². The van der Waals surface area contributed by atoms with Crippen LogP contribution in [0.1, 0.15) is 26.7 Å². The standard InChI is InChI=1S/2C5H10O3S.Ca/c2*1-3-5(8,9-2)4(6)7;/h2*8H,3H2,1-2H3,(H,6,7);/q;;+2/p-2. The number of thioether (sulfide) groups is 2. The molecular weight excluding hydrogens is 320 g/mol. The third-order valence-corrected chi connectivity index (χ3v) is 4.53. The zero-order chi connectivity index (χ0) is 15.0. The van der Waals surface area contributed by atoms with E-state index in [1.165, 1.54) is 12.5 Å². The van der Waals surface area contributed by atoms with Crippen LogP contribution in [-0.2, 0) is 9.59 Å². The van der Waals surface area contributed by atoms with Gasteiger partial charge < -0.3 is 30.0 Å². The normalized spacial score (nSPS) is 15.9. The molecule has 2 atom stereocenters. The van der Waals surface area contributed by atoms with Gasteiger partial charge in [-0.3, -0.25) is 0 Å². The van der Waals surface area contributed by atoms with E-state index >= 15 is 0 Å². The quantitative estimate of drug-likeness (QED) is 0.422. The Morgan fingerprint density at radius 1 is 0.947 bits per heavy atom. The monoisotopic (exact) mass is 338 g/mol. The Bertz CT molecular complexity index is 251. The molecule has 0 aliphatic rings. The number of carbonyl (C=O) groups is 2. The van der Waals surface area contributed by atoms with Crippen LogP contribution in [0.2, 0.25) is 0 Å². The fraction of sp³-hybridized carbons (Fsp3) is 0.800. The average molecular weight is 338 g/mol. The summed E-state index contributed by atoms with van der Waals surface area (Å²) < 4.78 is 0. The summed E-state index contributed by atoms with van der Waals surface area (Å²) in [5, 5.41) is 38.2. The molecule has 0 saturated heterocycles. The average Bonchev–Trinajstić information content (AvgIpc) is 2.36. The van der Waals surface area contributed by atoms with E-state index in [0.717, 1.165) is 23.5 Å². The molecule has 0 aromatic carbocycles. The Morgan fingerprint density at radius 3 is 1.16 bits per heavy atom. The van der Waals surface area contributed by atoms with Crippen LogP contribution < -0.4 is 10.2 Å². The molecule has 108 valence electrons. The summed E-state index contributed by atoms with van der Waals surface area (Å²) in [6.45, 7) is 3.18. The maximum atomic E-state index is 10.1.